The molecule has 3 nitrogen and oxygen atoms in total. The second-order valence-corrected chi connectivity index (χ2v) is 4.09. The highest BCUT2D eigenvalue weighted by molar-refractivity contribution is 9.10. The molecule has 0 bridgehead atoms. The lowest BCUT2D eigenvalue weighted by Gasteiger charge is -2.04. The van der Waals surface area contributed by atoms with Gasteiger partial charge in [0.25, 0.3) is 5.56 Å². The maximum absolute atomic E-state index is 11.4. The first-order valence-electron chi connectivity index (χ1n) is 4.50. The van der Waals surface area contributed by atoms with Gasteiger partial charge in [0.05, 0.1) is 12.9 Å². The molecule has 0 radical (unpaired) electrons. The predicted octanol–water partition coefficient (Wildman–Crippen LogP) is 2.05. The van der Waals surface area contributed by atoms with Crippen molar-refractivity contribution in [2.45, 2.75) is 6.54 Å². The summed E-state index contributed by atoms with van der Waals surface area (Å²) in [5.74, 6) is 0. The van der Waals surface area contributed by atoms with Gasteiger partial charge in [-0.15, -0.1) is 0 Å². The van der Waals surface area contributed by atoms with E-state index in [9.17, 15) is 4.79 Å². The molecule has 0 aliphatic carbocycles. The largest absolute Gasteiger partial charge is 0.295 e. The van der Waals surface area contributed by atoms with Crippen LogP contribution in [-0.2, 0) is 6.54 Å². The number of aromatic nitrogens is 2. The van der Waals surface area contributed by atoms with Crippen LogP contribution in [0.3, 0.4) is 0 Å². The second kappa shape index (κ2) is 4.40. The molecule has 76 valence electrons. The summed E-state index contributed by atoms with van der Waals surface area (Å²) in [5.41, 5.74) is 1.03. The molecule has 0 unspecified atom stereocenters. The van der Waals surface area contributed by atoms with Crippen LogP contribution in [0.1, 0.15) is 5.56 Å². The third kappa shape index (κ3) is 2.53. The highest BCUT2D eigenvalue weighted by Crippen LogP contribution is 2.11. The van der Waals surface area contributed by atoms with Crippen LogP contribution in [0.2, 0.25) is 0 Å². The zero-order valence-electron chi connectivity index (χ0n) is 7.93. The molecule has 0 atom stereocenters. The maximum Gasteiger partial charge on any atom is 0.253 e. The van der Waals surface area contributed by atoms with Gasteiger partial charge in [0.2, 0.25) is 0 Å². The molecule has 0 aliphatic rings. The van der Waals surface area contributed by atoms with Gasteiger partial charge in [-0.05, 0) is 17.7 Å². The number of nitrogens with zero attached hydrogens (tertiary/aromatic N) is 2. The molecule has 0 saturated heterocycles. The van der Waals surface area contributed by atoms with E-state index >= 15 is 0 Å². The van der Waals surface area contributed by atoms with Crippen molar-refractivity contribution in [3.63, 3.8) is 0 Å². The van der Waals surface area contributed by atoms with E-state index in [0.717, 1.165) is 10.0 Å². The van der Waals surface area contributed by atoms with Crippen molar-refractivity contribution < 1.29 is 0 Å². The fraction of sp³-hybridized carbons (Fsp3) is 0.0909. The summed E-state index contributed by atoms with van der Waals surface area (Å²) in [6.45, 7) is 0.548. The molecule has 4 heteroatoms. The Morgan fingerprint density at radius 3 is 2.93 bits per heavy atom. The lowest BCUT2D eigenvalue weighted by Crippen LogP contribution is -2.19. The van der Waals surface area contributed by atoms with E-state index in [2.05, 4.69) is 20.9 Å². The van der Waals surface area contributed by atoms with E-state index in [-0.39, 0.29) is 5.56 Å². The maximum atomic E-state index is 11.4. The molecule has 15 heavy (non-hydrogen) atoms. The monoisotopic (exact) mass is 264 g/mol. The Morgan fingerprint density at radius 1 is 1.33 bits per heavy atom. The summed E-state index contributed by atoms with van der Waals surface area (Å²) in [6, 6.07) is 9.32. The van der Waals surface area contributed by atoms with Crippen LogP contribution in [0.25, 0.3) is 0 Å². The van der Waals surface area contributed by atoms with Gasteiger partial charge in [0.15, 0.2) is 0 Å². The first-order chi connectivity index (χ1) is 7.25. The lowest BCUT2D eigenvalue weighted by atomic mass is 10.2. The van der Waals surface area contributed by atoms with Gasteiger partial charge >= 0.3 is 0 Å². The number of halogens is 1. The minimum atomic E-state index is -0.0371. The first-order valence-corrected chi connectivity index (χ1v) is 5.30. The van der Waals surface area contributed by atoms with Gasteiger partial charge in [-0.1, -0.05) is 28.1 Å². The van der Waals surface area contributed by atoms with Crippen LogP contribution in [0.5, 0.6) is 0 Å². The molecule has 2 aromatic rings. The first kappa shape index (κ1) is 10.1. The lowest BCUT2D eigenvalue weighted by molar-refractivity contribution is 0.735. The zero-order valence-corrected chi connectivity index (χ0v) is 9.52. The Kier molecular flexibility index (Phi) is 2.97. The molecule has 0 saturated carbocycles. The SMILES string of the molecule is O=c1ccncn1Cc1cccc(Br)c1. The van der Waals surface area contributed by atoms with Crippen LogP contribution in [0, 0.1) is 0 Å². The van der Waals surface area contributed by atoms with Crippen molar-refractivity contribution in [1.29, 1.82) is 0 Å². The Labute approximate surface area is 95.5 Å². The molecular formula is C11H9BrN2O. The van der Waals surface area contributed by atoms with E-state index in [1.54, 1.807) is 10.9 Å². The van der Waals surface area contributed by atoms with E-state index in [1.165, 1.54) is 12.3 Å². The molecule has 0 fully saturated rings. The summed E-state index contributed by atoms with van der Waals surface area (Å²) in [4.78, 5) is 15.3. The fourth-order valence-corrected chi connectivity index (χ4v) is 1.78. The molecule has 1 aromatic heterocycles. The Balaban J connectivity index is 2.30. The summed E-state index contributed by atoms with van der Waals surface area (Å²) in [7, 11) is 0. The number of hydrogen-bond donors (Lipinski definition) is 0. The molecule has 1 heterocycles. The van der Waals surface area contributed by atoms with E-state index in [0.29, 0.717) is 6.54 Å². The van der Waals surface area contributed by atoms with Crippen molar-refractivity contribution in [2.75, 3.05) is 0 Å². The van der Waals surface area contributed by atoms with E-state index in [4.69, 9.17) is 0 Å². The van der Waals surface area contributed by atoms with Crippen molar-refractivity contribution >= 4 is 15.9 Å². The third-order valence-electron chi connectivity index (χ3n) is 2.03. The van der Waals surface area contributed by atoms with Gasteiger partial charge in [0.1, 0.15) is 0 Å². The van der Waals surface area contributed by atoms with Gasteiger partial charge in [-0.3, -0.25) is 9.36 Å². The highest BCUT2D eigenvalue weighted by Gasteiger charge is 1.97. The van der Waals surface area contributed by atoms with Crippen molar-refractivity contribution in [1.82, 2.24) is 9.55 Å². The minimum absolute atomic E-state index is 0.0371. The normalized spacial score (nSPS) is 10.2. The fourth-order valence-electron chi connectivity index (χ4n) is 1.33. The third-order valence-corrected chi connectivity index (χ3v) is 2.53. The molecule has 0 N–H and O–H groups in total. The van der Waals surface area contributed by atoms with Gasteiger partial charge in [-0.25, -0.2) is 4.98 Å². The Hall–Kier alpha value is -1.42. The smallest absolute Gasteiger partial charge is 0.253 e. The van der Waals surface area contributed by atoms with Crippen LogP contribution in [-0.4, -0.2) is 9.55 Å². The molecule has 0 aliphatic heterocycles. The summed E-state index contributed by atoms with van der Waals surface area (Å²) >= 11 is 3.39. The Morgan fingerprint density at radius 2 is 2.20 bits per heavy atom. The van der Waals surface area contributed by atoms with Crippen LogP contribution in [0.15, 0.2) is 52.1 Å². The molecule has 0 amide bonds. The van der Waals surface area contributed by atoms with Crippen LogP contribution < -0.4 is 5.56 Å². The standard InChI is InChI=1S/C11H9BrN2O/c12-10-3-1-2-9(6-10)7-14-8-13-5-4-11(14)15/h1-6,8H,7H2. The van der Waals surface area contributed by atoms with Crippen molar-refractivity contribution in [3.8, 4) is 0 Å². The van der Waals surface area contributed by atoms with Crippen LogP contribution in [0.4, 0.5) is 0 Å². The molecule has 0 spiro atoms. The van der Waals surface area contributed by atoms with Gasteiger partial charge < -0.3 is 0 Å². The predicted molar refractivity (Wildman–Crippen MR) is 61.7 cm³/mol. The van der Waals surface area contributed by atoms with Crippen molar-refractivity contribution in [2.24, 2.45) is 0 Å². The van der Waals surface area contributed by atoms with E-state index < -0.39 is 0 Å². The zero-order chi connectivity index (χ0) is 10.7. The average molecular weight is 265 g/mol. The number of rotatable bonds is 2. The second-order valence-electron chi connectivity index (χ2n) is 3.18. The summed E-state index contributed by atoms with van der Waals surface area (Å²) < 4.78 is 2.58. The molecular weight excluding hydrogens is 256 g/mol. The van der Waals surface area contributed by atoms with E-state index in [1.807, 2.05) is 24.3 Å². The van der Waals surface area contributed by atoms with Gasteiger partial charge in [0, 0.05) is 16.7 Å². The molecule has 2 rings (SSSR count). The average Bonchev–Trinajstić information content (AvgIpc) is 2.22. The molecule has 1 aromatic carbocycles. The minimum Gasteiger partial charge on any atom is -0.295 e. The van der Waals surface area contributed by atoms with Gasteiger partial charge in [-0.2, -0.15) is 0 Å². The number of benzene rings is 1. The topological polar surface area (TPSA) is 34.9 Å². The number of hydrogen-bond acceptors (Lipinski definition) is 2. The quantitative estimate of drug-likeness (QED) is 0.833. The van der Waals surface area contributed by atoms with Crippen LogP contribution >= 0.6 is 15.9 Å². The highest BCUT2D eigenvalue weighted by atomic mass is 79.9. The summed E-state index contributed by atoms with van der Waals surface area (Å²) in [5, 5.41) is 0. The van der Waals surface area contributed by atoms with Crippen molar-refractivity contribution in [3.05, 3.63) is 63.2 Å². The Bertz CT molecular complexity index is 522. The summed E-state index contributed by atoms with van der Waals surface area (Å²) in [6.07, 6.45) is 3.04.